The molecule has 1 aliphatic heterocycles. The average Bonchev–Trinajstić information content (AvgIpc) is 3.27. The Bertz CT molecular complexity index is 845. The van der Waals surface area contributed by atoms with Gasteiger partial charge in [-0.2, -0.15) is 0 Å². The molecule has 0 unspecified atom stereocenters. The maximum atomic E-state index is 4.53. The van der Waals surface area contributed by atoms with E-state index < -0.39 is 0 Å². The Balaban J connectivity index is 1.31. The molecule has 1 aliphatic rings. The first-order chi connectivity index (χ1) is 12.7. The lowest BCUT2D eigenvalue weighted by Gasteiger charge is -2.30. The summed E-state index contributed by atoms with van der Waals surface area (Å²) >= 11 is 1.74. The van der Waals surface area contributed by atoms with Gasteiger partial charge >= 0.3 is 0 Å². The van der Waals surface area contributed by atoms with Crippen LogP contribution in [0.15, 0.2) is 36.8 Å². The van der Waals surface area contributed by atoms with E-state index in [1.165, 1.54) is 10.4 Å². The number of rotatable bonds is 5. The largest absolute Gasteiger partial charge is 0.332 e. The maximum absolute atomic E-state index is 4.53. The van der Waals surface area contributed by atoms with Gasteiger partial charge in [0.05, 0.1) is 0 Å². The van der Waals surface area contributed by atoms with Crippen molar-refractivity contribution in [3.63, 3.8) is 0 Å². The first kappa shape index (κ1) is 17.2. The van der Waals surface area contributed by atoms with Crippen LogP contribution in [-0.2, 0) is 13.6 Å². The third-order valence-corrected chi connectivity index (χ3v) is 5.83. The molecule has 6 nitrogen and oxygen atoms in total. The average molecular weight is 369 g/mol. The van der Waals surface area contributed by atoms with Gasteiger partial charge in [-0.1, -0.05) is 17.7 Å². The summed E-state index contributed by atoms with van der Waals surface area (Å²) in [6.07, 6.45) is 6.07. The summed E-state index contributed by atoms with van der Waals surface area (Å²) in [5.41, 5.74) is 2.35. The lowest BCUT2D eigenvalue weighted by atomic mass is 9.96. The Morgan fingerprint density at radius 2 is 1.96 bits per heavy atom. The Hall–Kier alpha value is -2.25. The number of nitrogens with zero attached hydrogens (tertiary/aromatic N) is 5. The molecule has 3 heterocycles. The van der Waals surface area contributed by atoms with Crippen LogP contribution < -0.4 is 5.32 Å². The SMILES string of the molecule is Cc1ccc(Nc2ncc(CN3CCC(c4nncn4C)CC3)s2)cc1. The van der Waals surface area contributed by atoms with E-state index in [9.17, 15) is 0 Å². The normalized spacial score (nSPS) is 16.1. The maximum Gasteiger partial charge on any atom is 0.187 e. The van der Waals surface area contributed by atoms with Crippen molar-refractivity contribution in [1.29, 1.82) is 0 Å². The summed E-state index contributed by atoms with van der Waals surface area (Å²) in [5.74, 6) is 1.64. The first-order valence-electron chi connectivity index (χ1n) is 9.02. The third kappa shape index (κ3) is 3.94. The van der Waals surface area contributed by atoms with Crippen molar-refractivity contribution < 1.29 is 0 Å². The highest BCUT2D eigenvalue weighted by Crippen LogP contribution is 2.29. The van der Waals surface area contributed by atoms with Gasteiger partial charge in [0.1, 0.15) is 12.2 Å². The minimum absolute atomic E-state index is 0.527. The predicted octanol–water partition coefficient (Wildman–Crippen LogP) is 3.70. The Kier molecular flexibility index (Phi) is 4.99. The van der Waals surface area contributed by atoms with Gasteiger partial charge < -0.3 is 9.88 Å². The van der Waals surface area contributed by atoms with Gasteiger partial charge in [-0.25, -0.2) is 4.98 Å². The van der Waals surface area contributed by atoms with E-state index in [2.05, 4.69) is 56.6 Å². The highest BCUT2D eigenvalue weighted by molar-refractivity contribution is 7.15. The van der Waals surface area contributed by atoms with Gasteiger partial charge in [0, 0.05) is 36.3 Å². The molecule has 3 aromatic rings. The Morgan fingerprint density at radius 3 is 2.65 bits per heavy atom. The van der Waals surface area contributed by atoms with E-state index in [-0.39, 0.29) is 0 Å². The lowest BCUT2D eigenvalue weighted by Crippen LogP contribution is -2.32. The lowest BCUT2D eigenvalue weighted by molar-refractivity contribution is 0.202. The fourth-order valence-corrected chi connectivity index (χ4v) is 4.31. The number of thiazole rings is 1. The van der Waals surface area contributed by atoms with Crippen molar-refractivity contribution in [2.45, 2.75) is 32.2 Å². The summed E-state index contributed by atoms with van der Waals surface area (Å²) in [4.78, 5) is 8.34. The summed E-state index contributed by atoms with van der Waals surface area (Å²) < 4.78 is 2.05. The van der Waals surface area contributed by atoms with E-state index in [1.54, 1.807) is 17.7 Å². The molecule has 26 heavy (non-hydrogen) atoms. The topological polar surface area (TPSA) is 58.9 Å². The van der Waals surface area contributed by atoms with Crippen molar-refractivity contribution in [1.82, 2.24) is 24.6 Å². The van der Waals surface area contributed by atoms with Gasteiger partial charge in [0.25, 0.3) is 0 Å². The molecule has 4 rings (SSSR count). The highest BCUT2D eigenvalue weighted by atomic mass is 32.1. The minimum atomic E-state index is 0.527. The number of benzene rings is 1. The molecule has 1 saturated heterocycles. The molecular formula is C19H24N6S. The van der Waals surface area contributed by atoms with Gasteiger partial charge in [0.15, 0.2) is 5.13 Å². The van der Waals surface area contributed by atoms with E-state index in [0.717, 1.165) is 49.1 Å². The number of hydrogen-bond acceptors (Lipinski definition) is 6. The molecule has 2 aromatic heterocycles. The fraction of sp³-hybridized carbons (Fsp3) is 0.421. The second-order valence-electron chi connectivity index (χ2n) is 6.97. The van der Waals surface area contributed by atoms with Crippen LogP contribution in [0.5, 0.6) is 0 Å². The number of nitrogens with one attached hydrogen (secondary N) is 1. The molecule has 136 valence electrons. The summed E-state index contributed by atoms with van der Waals surface area (Å²) in [7, 11) is 2.03. The number of likely N-dealkylation sites (tertiary alicyclic amines) is 1. The molecule has 0 amide bonds. The number of piperidine rings is 1. The highest BCUT2D eigenvalue weighted by Gasteiger charge is 2.24. The molecule has 0 spiro atoms. The van der Waals surface area contributed by atoms with Crippen molar-refractivity contribution in [3.8, 4) is 0 Å². The van der Waals surface area contributed by atoms with Crippen molar-refractivity contribution in [2.75, 3.05) is 18.4 Å². The number of anilines is 2. The molecule has 0 aliphatic carbocycles. The van der Waals surface area contributed by atoms with Crippen LogP contribution in [0.3, 0.4) is 0 Å². The number of aromatic nitrogens is 4. The third-order valence-electron chi connectivity index (χ3n) is 4.93. The fourth-order valence-electron chi connectivity index (χ4n) is 3.43. The molecule has 0 bridgehead atoms. The second-order valence-corrected chi connectivity index (χ2v) is 8.09. The Morgan fingerprint density at radius 1 is 1.19 bits per heavy atom. The second kappa shape index (κ2) is 7.55. The molecular weight excluding hydrogens is 344 g/mol. The first-order valence-corrected chi connectivity index (χ1v) is 9.83. The quantitative estimate of drug-likeness (QED) is 0.744. The molecule has 0 saturated carbocycles. The molecule has 0 radical (unpaired) electrons. The molecule has 1 fully saturated rings. The van der Waals surface area contributed by atoms with Crippen LogP contribution in [0, 0.1) is 6.92 Å². The summed E-state index contributed by atoms with van der Waals surface area (Å²) in [6, 6.07) is 8.40. The summed E-state index contributed by atoms with van der Waals surface area (Å²) in [6.45, 7) is 5.25. The monoisotopic (exact) mass is 368 g/mol. The number of aryl methyl sites for hydroxylation is 2. The molecule has 1 N–H and O–H groups in total. The zero-order valence-electron chi connectivity index (χ0n) is 15.2. The van der Waals surface area contributed by atoms with E-state index >= 15 is 0 Å². The van der Waals surface area contributed by atoms with Crippen LogP contribution in [0.2, 0.25) is 0 Å². The number of hydrogen-bond donors (Lipinski definition) is 1. The smallest absolute Gasteiger partial charge is 0.187 e. The van der Waals surface area contributed by atoms with Gasteiger partial charge in [0.2, 0.25) is 0 Å². The van der Waals surface area contributed by atoms with E-state index in [1.807, 2.05) is 17.8 Å². The standard InChI is InChI=1S/C19H24N6S/c1-14-3-5-16(6-4-14)22-19-20-11-17(26-19)12-25-9-7-15(8-10-25)18-23-21-13-24(18)2/h3-6,11,13,15H,7-10,12H2,1-2H3,(H,20,22). The van der Waals surface area contributed by atoms with Crippen LogP contribution in [-0.4, -0.2) is 37.7 Å². The van der Waals surface area contributed by atoms with Crippen LogP contribution in [0.4, 0.5) is 10.8 Å². The van der Waals surface area contributed by atoms with Crippen molar-refractivity contribution >= 4 is 22.2 Å². The van der Waals surface area contributed by atoms with E-state index in [4.69, 9.17) is 0 Å². The molecule has 7 heteroatoms. The van der Waals surface area contributed by atoms with Crippen LogP contribution >= 0.6 is 11.3 Å². The zero-order valence-corrected chi connectivity index (χ0v) is 16.0. The molecule has 1 aromatic carbocycles. The van der Waals surface area contributed by atoms with Gasteiger partial charge in [-0.3, -0.25) is 4.90 Å². The minimum Gasteiger partial charge on any atom is -0.332 e. The zero-order chi connectivity index (χ0) is 17.9. The summed E-state index contributed by atoms with van der Waals surface area (Å²) in [5, 5.41) is 12.6. The van der Waals surface area contributed by atoms with Crippen molar-refractivity contribution in [2.24, 2.45) is 7.05 Å². The van der Waals surface area contributed by atoms with Crippen LogP contribution in [0.1, 0.15) is 35.0 Å². The predicted molar refractivity (Wildman–Crippen MR) is 105 cm³/mol. The Labute approximate surface area is 157 Å². The van der Waals surface area contributed by atoms with Crippen LogP contribution in [0.25, 0.3) is 0 Å². The van der Waals surface area contributed by atoms with Crippen molar-refractivity contribution in [3.05, 3.63) is 53.1 Å². The molecule has 0 atom stereocenters. The van der Waals surface area contributed by atoms with Gasteiger partial charge in [-0.05, 0) is 45.0 Å². The van der Waals surface area contributed by atoms with Gasteiger partial charge in [-0.15, -0.1) is 21.5 Å². The van der Waals surface area contributed by atoms with E-state index in [0.29, 0.717) is 5.92 Å².